The minimum atomic E-state index is 0.646. The van der Waals surface area contributed by atoms with Crippen LogP contribution >= 0.6 is 0 Å². The summed E-state index contributed by atoms with van der Waals surface area (Å²) in [4.78, 5) is 0. The van der Waals surface area contributed by atoms with Gasteiger partial charge in [-0.25, -0.2) is 0 Å². The third-order valence-corrected chi connectivity index (χ3v) is 0.697. The highest BCUT2D eigenvalue weighted by Crippen LogP contribution is 1.92. The molecule has 0 bridgehead atoms. The smallest absolute Gasteiger partial charge is 0.0675 e. The van der Waals surface area contributed by atoms with Gasteiger partial charge in [-0.05, 0) is 13.8 Å². The molecule has 0 amide bonds. The quantitative estimate of drug-likeness (QED) is 0.524. The highest BCUT2D eigenvalue weighted by atomic mass is 16.5. The highest BCUT2D eigenvalue weighted by molar-refractivity contribution is 4.91. The Morgan fingerprint density at radius 1 is 1.11 bits per heavy atom. The molecule has 0 aromatic carbocycles. The zero-order valence-corrected chi connectivity index (χ0v) is 6.24. The van der Waals surface area contributed by atoms with Gasteiger partial charge in [0.2, 0.25) is 0 Å². The van der Waals surface area contributed by atoms with Crippen LogP contribution in [0.4, 0.5) is 0 Å². The van der Waals surface area contributed by atoms with Crippen LogP contribution in [-0.4, -0.2) is 13.2 Å². The van der Waals surface area contributed by atoms with Crippen molar-refractivity contribution < 1.29 is 4.74 Å². The summed E-state index contributed by atoms with van der Waals surface area (Å²) in [6, 6.07) is 0. The second kappa shape index (κ2) is 4.33. The van der Waals surface area contributed by atoms with Crippen molar-refractivity contribution in [2.45, 2.75) is 13.8 Å². The summed E-state index contributed by atoms with van der Waals surface area (Å²) < 4.78 is 5.16. The normalized spacial score (nSPS) is 9.11. The van der Waals surface area contributed by atoms with E-state index in [4.69, 9.17) is 4.74 Å². The molecule has 1 heteroatoms. The maximum absolute atomic E-state index is 5.16. The van der Waals surface area contributed by atoms with E-state index in [-0.39, 0.29) is 0 Å². The molecule has 0 aliphatic heterocycles. The Balaban J connectivity index is 3.10. The van der Waals surface area contributed by atoms with Crippen molar-refractivity contribution in [2.75, 3.05) is 13.2 Å². The van der Waals surface area contributed by atoms with E-state index in [0.717, 1.165) is 11.1 Å². The fraction of sp³-hybridized carbons (Fsp3) is 0.500. The van der Waals surface area contributed by atoms with E-state index >= 15 is 0 Å². The Morgan fingerprint density at radius 2 is 1.44 bits per heavy atom. The molecule has 0 rings (SSSR count). The molecule has 0 aromatic heterocycles. The van der Waals surface area contributed by atoms with E-state index in [1.165, 1.54) is 0 Å². The van der Waals surface area contributed by atoms with Gasteiger partial charge >= 0.3 is 0 Å². The maximum Gasteiger partial charge on any atom is 0.0675 e. The molecule has 0 saturated heterocycles. The van der Waals surface area contributed by atoms with Gasteiger partial charge in [0.05, 0.1) is 13.2 Å². The predicted octanol–water partition coefficient (Wildman–Crippen LogP) is 2.16. The average Bonchev–Trinajstić information content (AvgIpc) is 1.63. The highest BCUT2D eigenvalue weighted by Gasteiger charge is 1.86. The summed E-state index contributed by atoms with van der Waals surface area (Å²) in [5, 5.41) is 0. The lowest BCUT2D eigenvalue weighted by atomic mass is 10.3. The molecule has 0 heterocycles. The summed E-state index contributed by atoms with van der Waals surface area (Å²) in [6.45, 7) is 12.6. The first-order valence-corrected chi connectivity index (χ1v) is 2.99. The average molecular weight is 126 g/mol. The van der Waals surface area contributed by atoms with Gasteiger partial charge in [-0.15, -0.1) is 0 Å². The molecule has 0 aliphatic carbocycles. The van der Waals surface area contributed by atoms with Crippen molar-refractivity contribution in [3.63, 3.8) is 0 Å². The molecular formula is C8H14O. The lowest BCUT2D eigenvalue weighted by Crippen LogP contribution is -1.96. The zero-order valence-electron chi connectivity index (χ0n) is 6.24. The Morgan fingerprint density at radius 3 is 1.67 bits per heavy atom. The Kier molecular flexibility index (Phi) is 4.06. The van der Waals surface area contributed by atoms with E-state index < -0.39 is 0 Å². The predicted molar refractivity (Wildman–Crippen MR) is 40.4 cm³/mol. The number of hydrogen-bond acceptors (Lipinski definition) is 1. The molecule has 0 fully saturated rings. The van der Waals surface area contributed by atoms with Crippen LogP contribution in [-0.2, 0) is 4.74 Å². The van der Waals surface area contributed by atoms with E-state index in [1.807, 2.05) is 13.8 Å². The van der Waals surface area contributed by atoms with Gasteiger partial charge in [-0.2, -0.15) is 0 Å². The Bertz CT molecular complexity index is 99.7. The van der Waals surface area contributed by atoms with Crippen molar-refractivity contribution in [3.8, 4) is 0 Å². The molecule has 0 radical (unpaired) electrons. The van der Waals surface area contributed by atoms with Gasteiger partial charge < -0.3 is 4.74 Å². The van der Waals surface area contributed by atoms with Crippen molar-refractivity contribution in [1.82, 2.24) is 0 Å². The first kappa shape index (κ1) is 8.44. The molecule has 0 saturated carbocycles. The third kappa shape index (κ3) is 7.44. The maximum atomic E-state index is 5.16. The summed E-state index contributed by atoms with van der Waals surface area (Å²) in [7, 11) is 0. The van der Waals surface area contributed by atoms with Crippen LogP contribution in [0.2, 0.25) is 0 Å². The van der Waals surface area contributed by atoms with Crippen LogP contribution < -0.4 is 0 Å². The molecule has 0 N–H and O–H groups in total. The van der Waals surface area contributed by atoms with Gasteiger partial charge in [-0.1, -0.05) is 24.3 Å². The molecule has 0 spiro atoms. The van der Waals surface area contributed by atoms with E-state index in [0.29, 0.717) is 13.2 Å². The topological polar surface area (TPSA) is 9.23 Å². The summed E-state index contributed by atoms with van der Waals surface area (Å²) >= 11 is 0. The standard InChI is InChI=1S/C8H14O/c1-7(2)5-9-6-8(3)4/h1,3,5-6H2,2,4H3. The monoisotopic (exact) mass is 126 g/mol. The lowest BCUT2D eigenvalue weighted by molar-refractivity contribution is 0.180. The van der Waals surface area contributed by atoms with Gasteiger partial charge in [0.1, 0.15) is 0 Å². The van der Waals surface area contributed by atoms with Crippen LogP contribution in [0, 0.1) is 0 Å². The van der Waals surface area contributed by atoms with Crippen molar-refractivity contribution in [2.24, 2.45) is 0 Å². The number of ether oxygens (including phenoxy) is 1. The van der Waals surface area contributed by atoms with Crippen LogP contribution in [0.3, 0.4) is 0 Å². The molecule has 0 aromatic rings. The number of rotatable bonds is 4. The summed E-state index contributed by atoms with van der Waals surface area (Å²) in [5.74, 6) is 0. The molecule has 0 aliphatic rings. The molecular weight excluding hydrogens is 112 g/mol. The summed E-state index contributed by atoms with van der Waals surface area (Å²) in [5.41, 5.74) is 2.10. The van der Waals surface area contributed by atoms with Crippen molar-refractivity contribution in [3.05, 3.63) is 24.3 Å². The van der Waals surface area contributed by atoms with Gasteiger partial charge in [0.15, 0.2) is 0 Å². The van der Waals surface area contributed by atoms with Gasteiger partial charge in [-0.3, -0.25) is 0 Å². The fourth-order valence-electron chi connectivity index (χ4n) is 0.399. The second-order valence-corrected chi connectivity index (χ2v) is 2.41. The first-order chi connectivity index (χ1) is 4.13. The minimum absolute atomic E-state index is 0.646. The molecule has 0 unspecified atom stereocenters. The van der Waals surface area contributed by atoms with Crippen molar-refractivity contribution >= 4 is 0 Å². The largest absolute Gasteiger partial charge is 0.373 e. The van der Waals surface area contributed by atoms with E-state index in [2.05, 4.69) is 13.2 Å². The Labute approximate surface area is 57.0 Å². The zero-order chi connectivity index (χ0) is 7.28. The summed E-state index contributed by atoms with van der Waals surface area (Å²) in [6.07, 6.45) is 0. The minimum Gasteiger partial charge on any atom is -0.373 e. The van der Waals surface area contributed by atoms with E-state index in [9.17, 15) is 0 Å². The third-order valence-electron chi connectivity index (χ3n) is 0.697. The van der Waals surface area contributed by atoms with E-state index in [1.54, 1.807) is 0 Å². The molecule has 9 heavy (non-hydrogen) atoms. The van der Waals surface area contributed by atoms with Crippen LogP contribution in [0.5, 0.6) is 0 Å². The Hall–Kier alpha value is -0.560. The van der Waals surface area contributed by atoms with Crippen molar-refractivity contribution in [1.29, 1.82) is 0 Å². The lowest BCUT2D eigenvalue weighted by Gasteiger charge is -2.00. The van der Waals surface area contributed by atoms with Crippen LogP contribution in [0.15, 0.2) is 24.3 Å². The van der Waals surface area contributed by atoms with Crippen LogP contribution in [0.25, 0.3) is 0 Å². The molecule has 1 nitrogen and oxygen atoms in total. The number of hydrogen-bond donors (Lipinski definition) is 0. The molecule has 0 atom stereocenters. The fourth-order valence-corrected chi connectivity index (χ4v) is 0.399. The second-order valence-electron chi connectivity index (χ2n) is 2.41. The first-order valence-electron chi connectivity index (χ1n) is 2.99. The van der Waals surface area contributed by atoms with Gasteiger partial charge in [0.25, 0.3) is 0 Å². The molecule has 52 valence electrons. The van der Waals surface area contributed by atoms with Gasteiger partial charge in [0, 0.05) is 0 Å². The SMILES string of the molecule is C=C(C)COCC(=C)C. The van der Waals surface area contributed by atoms with Crippen LogP contribution in [0.1, 0.15) is 13.8 Å².